The van der Waals surface area contributed by atoms with Gasteiger partial charge in [0.1, 0.15) is 0 Å². The highest BCUT2D eigenvalue weighted by atomic mass is 16.2. The molecule has 1 aromatic rings. The van der Waals surface area contributed by atoms with Crippen molar-refractivity contribution in [3.63, 3.8) is 0 Å². The first kappa shape index (κ1) is 18.5. The van der Waals surface area contributed by atoms with Crippen LogP contribution in [0, 0.1) is 19.8 Å². The van der Waals surface area contributed by atoms with Crippen molar-refractivity contribution in [3.05, 3.63) is 29.3 Å². The van der Waals surface area contributed by atoms with Gasteiger partial charge in [0.15, 0.2) is 0 Å². The Bertz CT molecular complexity index is 630. The molecule has 24 heavy (non-hydrogen) atoms. The Hall–Kier alpha value is -1.88. The molecule has 2 rings (SSSR count). The van der Waals surface area contributed by atoms with E-state index in [1.165, 1.54) is 0 Å². The number of anilines is 1. The molecule has 5 nitrogen and oxygen atoms in total. The van der Waals surface area contributed by atoms with E-state index in [1.54, 1.807) is 0 Å². The van der Waals surface area contributed by atoms with E-state index in [9.17, 15) is 9.59 Å². The van der Waals surface area contributed by atoms with Crippen LogP contribution >= 0.6 is 0 Å². The maximum Gasteiger partial charge on any atom is 0.243 e. The number of carbonyl (C=O) groups is 2. The Morgan fingerprint density at radius 1 is 1.17 bits per heavy atom. The SMILES string of the molecule is Cc1cccc(C)c1NC(=O)CNC(=O)C1CC(C)(C)NC1(C)C. The zero-order valence-corrected chi connectivity index (χ0v) is 15.5. The number of hydrogen-bond donors (Lipinski definition) is 3. The molecule has 0 bridgehead atoms. The Morgan fingerprint density at radius 3 is 2.25 bits per heavy atom. The number of benzene rings is 1. The Labute approximate surface area is 144 Å². The molecule has 0 aliphatic carbocycles. The summed E-state index contributed by atoms with van der Waals surface area (Å²) in [6.07, 6.45) is 0.754. The van der Waals surface area contributed by atoms with Crippen LogP contribution in [0.3, 0.4) is 0 Å². The van der Waals surface area contributed by atoms with Gasteiger partial charge in [-0.2, -0.15) is 0 Å². The van der Waals surface area contributed by atoms with Crippen LogP contribution in [0.4, 0.5) is 5.69 Å². The van der Waals surface area contributed by atoms with Crippen molar-refractivity contribution in [2.24, 2.45) is 5.92 Å². The molecule has 5 heteroatoms. The van der Waals surface area contributed by atoms with Gasteiger partial charge in [0.2, 0.25) is 11.8 Å². The van der Waals surface area contributed by atoms with Gasteiger partial charge in [-0.25, -0.2) is 0 Å². The number of carbonyl (C=O) groups excluding carboxylic acids is 2. The smallest absolute Gasteiger partial charge is 0.243 e. The number of rotatable bonds is 4. The van der Waals surface area contributed by atoms with Gasteiger partial charge in [0, 0.05) is 16.8 Å². The lowest BCUT2D eigenvalue weighted by Gasteiger charge is -2.27. The summed E-state index contributed by atoms with van der Waals surface area (Å²) in [5, 5.41) is 9.16. The largest absolute Gasteiger partial charge is 0.347 e. The van der Waals surface area contributed by atoms with Crippen molar-refractivity contribution in [2.75, 3.05) is 11.9 Å². The second kappa shape index (κ2) is 6.55. The van der Waals surface area contributed by atoms with Crippen LogP contribution in [0.2, 0.25) is 0 Å². The molecular formula is C19H29N3O2. The Balaban J connectivity index is 1.94. The average molecular weight is 331 g/mol. The van der Waals surface area contributed by atoms with Crippen LogP contribution in [-0.2, 0) is 9.59 Å². The first-order chi connectivity index (χ1) is 11.0. The fourth-order valence-electron chi connectivity index (χ4n) is 3.68. The van der Waals surface area contributed by atoms with E-state index in [0.29, 0.717) is 0 Å². The summed E-state index contributed by atoms with van der Waals surface area (Å²) in [4.78, 5) is 24.7. The zero-order chi connectivity index (χ0) is 18.1. The molecule has 0 spiro atoms. The molecule has 1 aliphatic heterocycles. The minimum atomic E-state index is -0.281. The second-order valence-electron chi connectivity index (χ2n) is 8.02. The van der Waals surface area contributed by atoms with Gasteiger partial charge in [-0.15, -0.1) is 0 Å². The summed E-state index contributed by atoms with van der Waals surface area (Å²) in [7, 11) is 0. The van der Waals surface area contributed by atoms with Gasteiger partial charge >= 0.3 is 0 Å². The number of aryl methyl sites for hydroxylation is 2. The molecule has 1 atom stereocenters. The summed E-state index contributed by atoms with van der Waals surface area (Å²) in [5.74, 6) is -0.431. The van der Waals surface area contributed by atoms with Gasteiger partial charge in [-0.1, -0.05) is 18.2 Å². The summed E-state index contributed by atoms with van der Waals surface area (Å²) in [6.45, 7) is 12.1. The summed E-state index contributed by atoms with van der Waals surface area (Å²) in [5.41, 5.74) is 2.48. The first-order valence-corrected chi connectivity index (χ1v) is 8.45. The average Bonchev–Trinajstić information content (AvgIpc) is 2.68. The third-order valence-corrected chi connectivity index (χ3v) is 4.73. The highest BCUT2D eigenvalue weighted by molar-refractivity contribution is 5.96. The molecule has 1 aliphatic rings. The quantitative estimate of drug-likeness (QED) is 0.794. The van der Waals surface area contributed by atoms with E-state index in [2.05, 4.69) is 29.8 Å². The lowest BCUT2D eigenvalue weighted by atomic mass is 9.86. The normalized spacial score (nSPS) is 21.3. The Kier molecular flexibility index (Phi) is 5.04. The minimum Gasteiger partial charge on any atom is -0.347 e. The molecule has 1 aromatic carbocycles. The Morgan fingerprint density at radius 2 is 1.75 bits per heavy atom. The van der Waals surface area contributed by atoms with Crippen molar-refractivity contribution in [3.8, 4) is 0 Å². The van der Waals surface area contributed by atoms with E-state index in [-0.39, 0.29) is 35.4 Å². The molecule has 0 saturated carbocycles. The number of hydrogen-bond acceptors (Lipinski definition) is 3. The highest BCUT2D eigenvalue weighted by Crippen LogP contribution is 2.35. The maximum absolute atomic E-state index is 12.5. The van der Waals surface area contributed by atoms with Crippen LogP contribution in [0.1, 0.15) is 45.2 Å². The molecule has 1 saturated heterocycles. The van der Waals surface area contributed by atoms with Gasteiger partial charge in [-0.05, 0) is 59.1 Å². The molecular weight excluding hydrogens is 302 g/mol. The van der Waals surface area contributed by atoms with Crippen molar-refractivity contribution >= 4 is 17.5 Å². The van der Waals surface area contributed by atoms with Gasteiger partial charge in [-0.3, -0.25) is 9.59 Å². The monoisotopic (exact) mass is 331 g/mol. The standard InChI is InChI=1S/C19H29N3O2/c1-12-8-7-9-13(2)16(12)21-15(23)11-20-17(24)14-10-18(3,4)22-19(14,5)6/h7-9,14,22H,10-11H2,1-6H3,(H,20,24)(H,21,23). The van der Waals surface area contributed by atoms with E-state index in [4.69, 9.17) is 0 Å². The number of amides is 2. The van der Waals surface area contributed by atoms with Crippen molar-refractivity contribution in [1.82, 2.24) is 10.6 Å². The summed E-state index contributed by atoms with van der Waals surface area (Å²) < 4.78 is 0. The van der Waals surface area contributed by atoms with Crippen LogP contribution in [0.25, 0.3) is 0 Å². The lowest BCUT2D eigenvalue weighted by Crippen LogP contribution is -2.49. The highest BCUT2D eigenvalue weighted by Gasteiger charge is 2.47. The van der Waals surface area contributed by atoms with Gasteiger partial charge in [0.25, 0.3) is 0 Å². The third-order valence-electron chi connectivity index (χ3n) is 4.73. The molecule has 1 unspecified atom stereocenters. The molecule has 2 amide bonds. The summed E-state index contributed by atoms with van der Waals surface area (Å²) in [6, 6.07) is 5.87. The predicted molar refractivity (Wildman–Crippen MR) is 97.0 cm³/mol. The van der Waals surface area contributed by atoms with E-state index >= 15 is 0 Å². The summed E-state index contributed by atoms with van der Waals surface area (Å²) >= 11 is 0. The third kappa shape index (κ3) is 4.15. The number of nitrogens with one attached hydrogen (secondary N) is 3. The first-order valence-electron chi connectivity index (χ1n) is 8.45. The molecule has 3 N–H and O–H groups in total. The lowest BCUT2D eigenvalue weighted by molar-refractivity contribution is -0.128. The second-order valence-corrected chi connectivity index (χ2v) is 8.02. The maximum atomic E-state index is 12.5. The van der Waals surface area contributed by atoms with Crippen molar-refractivity contribution in [2.45, 2.75) is 59.0 Å². The topological polar surface area (TPSA) is 70.2 Å². The van der Waals surface area contributed by atoms with E-state index < -0.39 is 0 Å². The van der Waals surface area contributed by atoms with E-state index in [1.807, 2.05) is 45.9 Å². The minimum absolute atomic E-state index is 0.0143. The predicted octanol–water partition coefficient (Wildman–Crippen LogP) is 2.52. The van der Waals surface area contributed by atoms with Crippen LogP contribution < -0.4 is 16.0 Å². The van der Waals surface area contributed by atoms with Gasteiger partial charge in [0.05, 0.1) is 12.5 Å². The van der Waals surface area contributed by atoms with Crippen molar-refractivity contribution in [1.29, 1.82) is 0 Å². The molecule has 0 aromatic heterocycles. The van der Waals surface area contributed by atoms with Crippen LogP contribution in [0.15, 0.2) is 18.2 Å². The van der Waals surface area contributed by atoms with Crippen molar-refractivity contribution < 1.29 is 9.59 Å². The fraction of sp³-hybridized carbons (Fsp3) is 0.579. The molecule has 1 heterocycles. The number of para-hydroxylation sites is 1. The van der Waals surface area contributed by atoms with Gasteiger partial charge < -0.3 is 16.0 Å². The van der Waals surface area contributed by atoms with Crippen LogP contribution in [-0.4, -0.2) is 29.4 Å². The zero-order valence-electron chi connectivity index (χ0n) is 15.5. The van der Waals surface area contributed by atoms with Crippen LogP contribution in [0.5, 0.6) is 0 Å². The fourth-order valence-corrected chi connectivity index (χ4v) is 3.68. The van der Waals surface area contributed by atoms with E-state index in [0.717, 1.165) is 23.2 Å². The molecule has 132 valence electrons. The molecule has 1 fully saturated rings. The molecule has 0 radical (unpaired) electrons.